The van der Waals surface area contributed by atoms with Crippen LogP contribution in [0.25, 0.3) is 0 Å². The second kappa shape index (κ2) is 6.26. The molecule has 1 aliphatic rings. The molecule has 3 nitrogen and oxygen atoms in total. The first kappa shape index (κ1) is 14.2. The third-order valence-corrected chi connectivity index (χ3v) is 3.76. The Bertz CT molecular complexity index is 450. The number of carbonyl (C=O) groups is 1. The molecule has 1 aliphatic heterocycles. The van der Waals surface area contributed by atoms with Crippen molar-refractivity contribution in [3.05, 3.63) is 35.6 Å². The van der Waals surface area contributed by atoms with E-state index in [9.17, 15) is 9.18 Å². The Kier molecular flexibility index (Phi) is 4.66. The summed E-state index contributed by atoms with van der Waals surface area (Å²) in [5, 5.41) is 0. The summed E-state index contributed by atoms with van der Waals surface area (Å²) in [5.41, 5.74) is 0.455. The van der Waals surface area contributed by atoms with E-state index < -0.39 is 0 Å². The average Bonchev–Trinajstić information content (AvgIpc) is 2.38. The van der Waals surface area contributed by atoms with Gasteiger partial charge < -0.3 is 4.90 Å². The van der Waals surface area contributed by atoms with E-state index in [-0.39, 0.29) is 11.6 Å². The third-order valence-electron chi connectivity index (χ3n) is 3.76. The lowest BCUT2D eigenvalue weighted by molar-refractivity contribution is 0.0857. The number of likely N-dealkylation sites (tertiary alicyclic amines) is 1. The number of nitrogens with zero attached hydrogens (tertiary/aromatic N) is 2. The molecule has 1 atom stereocenters. The maximum absolute atomic E-state index is 13.1. The minimum atomic E-state index is -0.356. The largest absolute Gasteiger partial charge is 0.305 e. The van der Waals surface area contributed by atoms with E-state index in [0.717, 1.165) is 19.5 Å². The molecule has 0 bridgehead atoms. The third kappa shape index (κ3) is 3.85. The molecule has 1 heterocycles. The van der Waals surface area contributed by atoms with E-state index in [0.29, 0.717) is 18.2 Å². The highest BCUT2D eigenvalue weighted by Crippen LogP contribution is 2.14. The number of benzene rings is 1. The summed E-state index contributed by atoms with van der Waals surface area (Å²) >= 11 is 0. The summed E-state index contributed by atoms with van der Waals surface area (Å²) < 4.78 is 13.1. The van der Waals surface area contributed by atoms with Gasteiger partial charge in [-0.25, -0.2) is 4.39 Å². The lowest BCUT2D eigenvalue weighted by atomic mass is 10.0. The zero-order valence-electron chi connectivity index (χ0n) is 11.6. The van der Waals surface area contributed by atoms with Crippen LogP contribution >= 0.6 is 0 Å². The summed E-state index contributed by atoms with van der Waals surface area (Å²) in [6.07, 6.45) is 2.29. The van der Waals surface area contributed by atoms with Gasteiger partial charge in [-0.05, 0) is 45.6 Å². The molecule has 1 aromatic carbocycles. The fourth-order valence-corrected chi connectivity index (χ4v) is 2.61. The molecule has 0 N–H and O–H groups in total. The van der Waals surface area contributed by atoms with Gasteiger partial charge in [-0.3, -0.25) is 9.69 Å². The van der Waals surface area contributed by atoms with Crippen molar-refractivity contribution in [2.45, 2.75) is 18.9 Å². The van der Waals surface area contributed by atoms with E-state index in [2.05, 4.69) is 16.8 Å². The normalized spacial score (nSPS) is 20.7. The van der Waals surface area contributed by atoms with Crippen LogP contribution in [-0.2, 0) is 0 Å². The molecule has 4 heteroatoms. The highest BCUT2D eigenvalue weighted by atomic mass is 19.1. The van der Waals surface area contributed by atoms with Crippen molar-refractivity contribution in [2.24, 2.45) is 0 Å². The van der Waals surface area contributed by atoms with E-state index in [1.165, 1.54) is 18.6 Å². The number of halogens is 1. The minimum absolute atomic E-state index is 0.0183. The van der Waals surface area contributed by atoms with Gasteiger partial charge in [0, 0.05) is 18.2 Å². The number of Topliss-reactive ketones (excluding diaryl/α,β-unsaturated/α-hetero) is 1. The fraction of sp³-hybridized carbons (Fsp3) is 0.533. The van der Waals surface area contributed by atoms with Gasteiger partial charge in [0.1, 0.15) is 5.82 Å². The Morgan fingerprint density at radius 2 is 2.32 bits per heavy atom. The first-order valence-electron chi connectivity index (χ1n) is 6.74. The number of ketones is 1. The molecule has 1 saturated heterocycles. The summed E-state index contributed by atoms with van der Waals surface area (Å²) in [6, 6.07) is 6.33. The zero-order valence-corrected chi connectivity index (χ0v) is 11.6. The number of likely N-dealkylation sites (N-methyl/N-ethyl adjacent to an activating group) is 2. The van der Waals surface area contributed by atoms with Crippen LogP contribution in [0.15, 0.2) is 24.3 Å². The number of hydrogen-bond acceptors (Lipinski definition) is 3. The highest BCUT2D eigenvalue weighted by Gasteiger charge is 2.22. The topological polar surface area (TPSA) is 23.6 Å². The standard InChI is InChI=1S/C15H21FN2O/c1-17-8-4-7-14(10-17)18(2)11-15(19)12-5-3-6-13(16)9-12/h3,5-6,9,14H,4,7-8,10-11H2,1-2H3. The Hall–Kier alpha value is -1.26. The highest BCUT2D eigenvalue weighted by molar-refractivity contribution is 5.97. The van der Waals surface area contributed by atoms with Crippen molar-refractivity contribution >= 4 is 5.78 Å². The van der Waals surface area contributed by atoms with Crippen molar-refractivity contribution in [1.29, 1.82) is 0 Å². The van der Waals surface area contributed by atoms with Crippen LogP contribution in [0.5, 0.6) is 0 Å². The predicted octanol–water partition coefficient (Wildman–Crippen LogP) is 2.03. The van der Waals surface area contributed by atoms with Crippen LogP contribution in [0, 0.1) is 5.82 Å². The van der Waals surface area contributed by atoms with Gasteiger partial charge in [0.05, 0.1) is 6.54 Å². The van der Waals surface area contributed by atoms with Gasteiger partial charge in [-0.2, -0.15) is 0 Å². The Morgan fingerprint density at radius 3 is 3.00 bits per heavy atom. The molecule has 0 aliphatic carbocycles. The van der Waals surface area contributed by atoms with Gasteiger partial charge in [-0.15, -0.1) is 0 Å². The van der Waals surface area contributed by atoms with Crippen molar-refractivity contribution in [1.82, 2.24) is 9.80 Å². The van der Waals surface area contributed by atoms with E-state index >= 15 is 0 Å². The molecule has 0 saturated carbocycles. The molecule has 1 aromatic rings. The SMILES string of the molecule is CN1CCCC(N(C)CC(=O)c2cccc(F)c2)C1. The quantitative estimate of drug-likeness (QED) is 0.778. The maximum atomic E-state index is 13.1. The second-order valence-corrected chi connectivity index (χ2v) is 5.41. The lowest BCUT2D eigenvalue weighted by Crippen LogP contribution is -2.46. The minimum Gasteiger partial charge on any atom is -0.305 e. The number of rotatable bonds is 4. The van der Waals surface area contributed by atoms with Gasteiger partial charge in [0.25, 0.3) is 0 Å². The Morgan fingerprint density at radius 1 is 1.53 bits per heavy atom. The Balaban J connectivity index is 1.94. The van der Waals surface area contributed by atoms with Gasteiger partial charge in [0.2, 0.25) is 0 Å². The van der Waals surface area contributed by atoms with Crippen LogP contribution in [0.1, 0.15) is 23.2 Å². The fourth-order valence-electron chi connectivity index (χ4n) is 2.61. The van der Waals surface area contributed by atoms with Crippen LogP contribution in [0.4, 0.5) is 4.39 Å². The van der Waals surface area contributed by atoms with Crippen LogP contribution in [0.2, 0.25) is 0 Å². The maximum Gasteiger partial charge on any atom is 0.176 e. The van der Waals surface area contributed by atoms with Crippen molar-refractivity contribution in [3.8, 4) is 0 Å². The van der Waals surface area contributed by atoms with E-state index in [1.54, 1.807) is 12.1 Å². The van der Waals surface area contributed by atoms with E-state index in [1.807, 2.05) is 7.05 Å². The number of piperidine rings is 1. The predicted molar refractivity (Wildman–Crippen MR) is 73.9 cm³/mol. The average molecular weight is 264 g/mol. The van der Waals surface area contributed by atoms with Gasteiger partial charge >= 0.3 is 0 Å². The van der Waals surface area contributed by atoms with Crippen molar-refractivity contribution in [2.75, 3.05) is 33.7 Å². The molecular formula is C15H21FN2O. The molecular weight excluding hydrogens is 243 g/mol. The van der Waals surface area contributed by atoms with Crippen LogP contribution < -0.4 is 0 Å². The molecule has 19 heavy (non-hydrogen) atoms. The Labute approximate surface area is 114 Å². The molecule has 104 valence electrons. The van der Waals surface area contributed by atoms with Crippen molar-refractivity contribution < 1.29 is 9.18 Å². The van der Waals surface area contributed by atoms with Crippen molar-refractivity contribution in [3.63, 3.8) is 0 Å². The first-order valence-corrected chi connectivity index (χ1v) is 6.74. The summed E-state index contributed by atoms with van der Waals surface area (Å²) in [6.45, 7) is 2.47. The summed E-state index contributed by atoms with van der Waals surface area (Å²) in [7, 11) is 4.08. The molecule has 2 rings (SSSR count). The van der Waals surface area contributed by atoms with Crippen LogP contribution in [0.3, 0.4) is 0 Å². The molecule has 0 aromatic heterocycles. The molecule has 0 spiro atoms. The summed E-state index contributed by atoms with van der Waals surface area (Å²) in [4.78, 5) is 16.5. The molecule has 1 unspecified atom stereocenters. The van der Waals surface area contributed by atoms with Crippen LogP contribution in [-0.4, -0.2) is 55.4 Å². The van der Waals surface area contributed by atoms with Gasteiger partial charge in [-0.1, -0.05) is 12.1 Å². The lowest BCUT2D eigenvalue weighted by Gasteiger charge is -2.35. The van der Waals surface area contributed by atoms with E-state index in [4.69, 9.17) is 0 Å². The summed E-state index contributed by atoms with van der Waals surface area (Å²) in [5.74, 6) is -0.374. The first-order chi connectivity index (χ1) is 9.06. The number of carbonyl (C=O) groups excluding carboxylic acids is 1. The molecule has 0 radical (unpaired) electrons. The number of hydrogen-bond donors (Lipinski definition) is 0. The smallest absolute Gasteiger partial charge is 0.176 e. The zero-order chi connectivity index (χ0) is 13.8. The molecule has 1 fully saturated rings. The van der Waals surface area contributed by atoms with Gasteiger partial charge in [0.15, 0.2) is 5.78 Å². The monoisotopic (exact) mass is 264 g/mol. The second-order valence-electron chi connectivity index (χ2n) is 5.41. The molecule has 0 amide bonds.